The van der Waals surface area contributed by atoms with Crippen molar-refractivity contribution in [1.82, 2.24) is 4.98 Å². The lowest BCUT2D eigenvalue weighted by atomic mass is 10.1. The lowest BCUT2D eigenvalue weighted by molar-refractivity contribution is 0.0888. The van der Waals surface area contributed by atoms with Crippen LogP contribution in [0, 0.1) is 0 Å². The van der Waals surface area contributed by atoms with Crippen molar-refractivity contribution < 1.29 is 9.47 Å². The standard InChI is InChI=1S/C13H16BrNO2/c1-5-10-11(6-2)13(15-7-12(10)14)17-9(3)8-16-4/h5-7,9H,1-2,8H2,3-4H3. The van der Waals surface area contributed by atoms with Gasteiger partial charge in [0.1, 0.15) is 6.10 Å². The number of halogens is 1. The Bertz CT molecular complexity index is 418. The number of ether oxygens (including phenoxy) is 2. The van der Waals surface area contributed by atoms with Crippen LogP contribution in [0.5, 0.6) is 5.88 Å². The number of hydrogen-bond donors (Lipinski definition) is 0. The summed E-state index contributed by atoms with van der Waals surface area (Å²) in [6, 6.07) is 0. The molecule has 1 heterocycles. The van der Waals surface area contributed by atoms with E-state index in [2.05, 4.69) is 34.1 Å². The molecule has 1 unspecified atom stereocenters. The second kappa shape index (κ2) is 6.57. The van der Waals surface area contributed by atoms with Crippen LogP contribution in [-0.2, 0) is 4.74 Å². The smallest absolute Gasteiger partial charge is 0.221 e. The van der Waals surface area contributed by atoms with Gasteiger partial charge in [-0.3, -0.25) is 0 Å². The summed E-state index contributed by atoms with van der Waals surface area (Å²) in [4.78, 5) is 4.24. The molecule has 0 radical (unpaired) electrons. The second-order valence-corrected chi connectivity index (χ2v) is 4.39. The molecule has 0 spiro atoms. The third kappa shape index (κ3) is 3.41. The fourth-order valence-corrected chi connectivity index (χ4v) is 1.93. The van der Waals surface area contributed by atoms with Crippen LogP contribution in [0.1, 0.15) is 18.1 Å². The zero-order valence-electron chi connectivity index (χ0n) is 10.1. The van der Waals surface area contributed by atoms with Crippen LogP contribution in [0.2, 0.25) is 0 Å². The van der Waals surface area contributed by atoms with Crippen LogP contribution in [0.25, 0.3) is 12.2 Å². The van der Waals surface area contributed by atoms with Crippen LogP contribution in [0.4, 0.5) is 0 Å². The van der Waals surface area contributed by atoms with E-state index in [1.54, 1.807) is 25.5 Å². The number of aromatic nitrogens is 1. The Labute approximate surface area is 110 Å². The minimum absolute atomic E-state index is 0.0648. The van der Waals surface area contributed by atoms with Gasteiger partial charge in [0.2, 0.25) is 5.88 Å². The summed E-state index contributed by atoms with van der Waals surface area (Å²) in [6.45, 7) is 9.98. The Balaban J connectivity index is 3.07. The molecule has 0 aromatic carbocycles. The van der Waals surface area contributed by atoms with E-state index in [1.807, 2.05) is 6.92 Å². The fourth-order valence-electron chi connectivity index (χ4n) is 1.46. The van der Waals surface area contributed by atoms with Gasteiger partial charge in [-0.15, -0.1) is 0 Å². The van der Waals surface area contributed by atoms with Crippen LogP contribution in [-0.4, -0.2) is 24.8 Å². The van der Waals surface area contributed by atoms with E-state index >= 15 is 0 Å². The molecule has 0 N–H and O–H groups in total. The van der Waals surface area contributed by atoms with E-state index in [1.165, 1.54) is 0 Å². The normalized spacial score (nSPS) is 11.9. The number of rotatable bonds is 6. The summed E-state index contributed by atoms with van der Waals surface area (Å²) in [7, 11) is 1.64. The summed E-state index contributed by atoms with van der Waals surface area (Å²) in [5.41, 5.74) is 1.76. The van der Waals surface area contributed by atoms with E-state index < -0.39 is 0 Å². The van der Waals surface area contributed by atoms with Crippen molar-refractivity contribution in [2.45, 2.75) is 13.0 Å². The SMILES string of the molecule is C=Cc1c(Br)cnc(OC(C)COC)c1C=C. The summed E-state index contributed by atoms with van der Waals surface area (Å²) in [5.74, 6) is 0.544. The Kier molecular flexibility index (Phi) is 5.38. The second-order valence-electron chi connectivity index (χ2n) is 3.53. The Morgan fingerprint density at radius 2 is 2.06 bits per heavy atom. The van der Waals surface area contributed by atoms with Crippen molar-refractivity contribution >= 4 is 28.1 Å². The molecule has 1 atom stereocenters. The van der Waals surface area contributed by atoms with Crippen LogP contribution >= 0.6 is 15.9 Å². The molecule has 3 nitrogen and oxygen atoms in total. The van der Waals surface area contributed by atoms with Gasteiger partial charge in [0, 0.05) is 28.9 Å². The van der Waals surface area contributed by atoms with Gasteiger partial charge in [-0.05, 0) is 22.9 Å². The predicted molar refractivity (Wildman–Crippen MR) is 74.1 cm³/mol. The van der Waals surface area contributed by atoms with Gasteiger partial charge in [-0.25, -0.2) is 4.98 Å². The van der Waals surface area contributed by atoms with Crippen molar-refractivity contribution in [3.8, 4) is 5.88 Å². The zero-order valence-corrected chi connectivity index (χ0v) is 11.7. The molecular formula is C13H16BrNO2. The largest absolute Gasteiger partial charge is 0.472 e. The van der Waals surface area contributed by atoms with Gasteiger partial charge in [0.15, 0.2) is 0 Å². The minimum Gasteiger partial charge on any atom is -0.472 e. The van der Waals surface area contributed by atoms with Gasteiger partial charge in [0.05, 0.1) is 6.61 Å². The summed E-state index contributed by atoms with van der Waals surface area (Å²) in [6.07, 6.45) is 5.09. The molecule has 0 aliphatic heterocycles. The first kappa shape index (κ1) is 13.9. The quantitative estimate of drug-likeness (QED) is 0.805. The first-order valence-electron chi connectivity index (χ1n) is 5.23. The van der Waals surface area contributed by atoms with Crippen LogP contribution < -0.4 is 4.74 Å². The van der Waals surface area contributed by atoms with Gasteiger partial charge in [-0.1, -0.05) is 25.3 Å². The first-order valence-corrected chi connectivity index (χ1v) is 6.02. The monoisotopic (exact) mass is 297 g/mol. The van der Waals surface area contributed by atoms with Crippen LogP contribution in [0.15, 0.2) is 23.8 Å². The highest BCUT2D eigenvalue weighted by Crippen LogP contribution is 2.29. The molecule has 1 aromatic rings. The molecule has 0 bridgehead atoms. The molecule has 0 fully saturated rings. The predicted octanol–water partition coefficient (Wildman–Crippen LogP) is 3.54. The lowest BCUT2D eigenvalue weighted by Crippen LogP contribution is -2.19. The molecule has 1 aromatic heterocycles. The van der Waals surface area contributed by atoms with E-state index in [0.717, 1.165) is 15.6 Å². The Morgan fingerprint density at radius 3 is 2.59 bits per heavy atom. The Morgan fingerprint density at radius 1 is 1.41 bits per heavy atom. The third-order valence-electron chi connectivity index (χ3n) is 2.20. The zero-order chi connectivity index (χ0) is 12.8. The summed E-state index contributed by atoms with van der Waals surface area (Å²) >= 11 is 3.42. The number of hydrogen-bond acceptors (Lipinski definition) is 3. The van der Waals surface area contributed by atoms with Crippen molar-refractivity contribution in [2.75, 3.05) is 13.7 Å². The first-order chi connectivity index (χ1) is 8.13. The highest BCUT2D eigenvalue weighted by atomic mass is 79.9. The van der Waals surface area contributed by atoms with E-state index in [4.69, 9.17) is 9.47 Å². The number of nitrogens with zero attached hydrogens (tertiary/aromatic N) is 1. The molecule has 0 amide bonds. The van der Waals surface area contributed by atoms with E-state index in [0.29, 0.717) is 12.5 Å². The molecule has 17 heavy (non-hydrogen) atoms. The van der Waals surface area contributed by atoms with Crippen molar-refractivity contribution in [3.63, 3.8) is 0 Å². The maximum Gasteiger partial charge on any atom is 0.221 e. The molecule has 0 aliphatic carbocycles. The number of pyridine rings is 1. The van der Waals surface area contributed by atoms with Gasteiger partial charge >= 0.3 is 0 Å². The fraction of sp³-hybridized carbons (Fsp3) is 0.308. The van der Waals surface area contributed by atoms with Gasteiger partial charge in [0.25, 0.3) is 0 Å². The topological polar surface area (TPSA) is 31.4 Å². The highest BCUT2D eigenvalue weighted by molar-refractivity contribution is 9.10. The molecule has 0 saturated heterocycles. The van der Waals surface area contributed by atoms with Crippen molar-refractivity contribution in [3.05, 3.63) is 35.0 Å². The average Bonchev–Trinajstić information content (AvgIpc) is 2.31. The van der Waals surface area contributed by atoms with E-state index in [9.17, 15) is 0 Å². The van der Waals surface area contributed by atoms with Gasteiger partial charge in [-0.2, -0.15) is 0 Å². The van der Waals surface area contributed by atoms with Crippen LogP contribution in [0.3, 0.4) is 0 Å². The van der Waals surface area contributed by atoms with Gasteiger partial charge < -0.3 is 9.47 Å². The minimum atomic E-state index is -0.0648. The highest BCUT2D eigenvalue weighted by Gasteiger charge is 2.12. The summed E-state index contributed by atoms with van der Waals surface area (Å²) < 4.78 is 11.6. The van der Waals surface area contributed by atoms with Crippen molar-refractivity contribution in [2.24, 2.45) is 0 Å². The third-order valence-corrected chi connectivity index (χ3v) is 2.83. The van der Waals surface area contributed by atoms with E-state index in [-0.39, 0.29) is 6.10 Å². The summed E-state index contributed by atoms with van der Waals surface area (Å²) in [5, 5.41) is 0. The molecule has 92 valence electrons. The molecule has 0 saturated carbocycles. The lowest BCUT2D eigenvalue weighted by Gasteiger charge is -2.16. The van der Waals surface area contributed by atoms with Crippen molar-refractivity contribution in [1.29, 1.82) is 0 Å². The molecular weight excluding hydrogens is 282 g/mol. The maximum absolute atomic E-state index is 5.70. The number of methoxy groups -OCH3 is 1. The molecule has 4 heteroatoms. The maximum atomic E-state index is 5.70. The molecule has 0 aliphatic rings. The molecule has 1 rings (SSSR count). The Hall–Kier alpha value is -1.13. The average molecular weight is 298 g/mol.